The third kappa shape index (κ3) is 5.47. The zero-order valence-corrected chi connectivity index (χ0v) is 16.0. The predicted molar refractivity (Wildman–Crippen MR) is 111 cm³/mol. The van der Waals surface area contributed by atoms with Gasteiger partial charge in [0.2, 0.25) is 5.90 Å². The van der Waals surface area contributed by atoms with E-state index < -0.39 is 0 Å². The number of benzene rings is 3. The molecule has 0 unspecified atom stereocenters. The molecule has 0 aliphatic carbocycles. The molecular weight excluding hydrogens is 358 g/mol. The van der Waals surface area contributed by atoms with Gasteiger partial charge in [0.25, 0.3) is 0 Å². The molecule has 3 rings (SSSR count). The third-order valence-electron chi connectivity index (χ3n) is 3.76. The molecule has 0 atom stereocenters. The molecule has 0 radical (unpaired) electrons. The lowest BCUT2D eigenvalue weighted by Crippen LogP contribution is -2.11. The molecule has 4 heteroatoms. The first-order chi connectivity index (χ1) is 13.1. The van der Waals surface area contributed by atoms with Crippen LogP contribution < -0.4 is 9.47 Å². The summed E-state index contributed by atoms with van der Waals surface area (Å²) in [6.45, 7) is 3.92. The quantitative estimate of drug-likeness (QED) is 0.280. The maximum atomic E-state index is 6.23. The van der Waals surface area contributed by atoms with Gasteiger partial charge in [-0.05, 0) is 50.2 Å². The van der Waals surface area contributed by atoms with Crippen molar-refractivity contribution in [2.24, 2.45) is 4.99 Å². The van der Waals surface area contributed by atoms with Crippen molar-refractivity contribution in [2.45, 2.75) is 13.8 Å². The highest BCUT2D eigenvalue weighted by Crippen LogP contribution is 2.25. The van der Waals surface area contributed by atoms with Crippen LogP contribution in [0.1, 0.15) is 12.5 Å². The van der Waals surface area contributed by atoms with Crippen LogP contribution in [0.15, 0.2) is 95.7 Å². The van der Waals surface area contributed by atoms with Crippen molar-refractivity contribution in [3.8, 4) is 11.5 Å². The van der Waals surface area contributed by atoms with Crippen molar-refractivity contribution in [3.05, 3.63) is 101 Å². The Morgan fingerprint density at radius 2 is 1.56 bits per heavy atom. The Morgan fingerprint density at radius 1 is 0.889 bits per heavy atom. The van der Waals surface area contributed by atoms with E-state index in [9.17, 15) is 0 Å². The van der Waals surface area contributed by atoms with E-state index >= 15 is 0 Å². The standard InChI is InChI=1S/C23H20ClNO2/c1-17-12-14-20(15-13-17)26-16-18(2)23(25-19-8-4-3-5-9-19)27-22-11-7-6-10-21(22)24/h3-16H,1-2H3/b18-16?,25-23+. The molecule has 27 heavy (non-hydrogen) atoms. The number of rotatable bonds is 5. The molecule has 3 aromatic carbocycles. The Morgan fingerprint density at radius 3 is 2.26 bits per heavy atom. The summed E-state index contributed by atoms with van der Waals surface area (Å²) in [7, 11) is 0. The molecular formula is C23H20ClNO2. The summed E-state index contributed by atoms with van der Waals surface area (Å²) in [4.78, 5) is 4.61. The minimum atomic E-state index is 0.418. The monoisotopic (exact) mass is 377 g/mol. The van der Waals surface area contributed by atoms with Crippen LogP contribution in [0.2, 0.25) is 5.02 Å². The molecule has 0 N–H and O–H groups in total. The van der Waals surface area contributed by atoms with Crippen molar-refractivity contribution < 1.29 is 9.47 Å². The van der Waals surface area contributed by atoms with Crippen LogP contribution in [-0.2, 0) is 0 Å². The Labute approximate surface area is 164 Å². The van der Waals surface area contributed by atoms with E-state index in [0.29, 0.717) is 16.7 Å². The maximum Gasteiger partial charge on any atom is 0.225 e. The smallest absolute Gasteiger partial charge is 0.225 e. The van der Waals surface area contributed by atoms with Crippen LogP contribution in [0.3, 0.4) is 0 Å². The average Bonchev–Trinajstić information content (AvgIpc) is 2.69. The first-order valence-electron chi connectivity index (χ1n) is 8.58. The lowest BCUT2D eigenvalue weighted by atomic mass is 10.2. The van der Waals surface area contributed by atoms with Crippen molar-refractivity contribution >= 4 is 23.2 Å². The van der Waals surface area contributed by atoms with Crippen molar-refractivity contribution in [1.82, 2.24) is 0 Å². The van der Waals surface area contributed by atoms with E-state index in [4.69, 9.17) is 21.1 Å². The van der Waals surface area contributed by atoms with Crippen molar-refractivity contribution in [2.75, 3.05) is 0 Å². The predicted octanol–water partition coefficient (Wildman–Crippen LogP) is 6.74. The minimum absolute atomic E-state index is 0.418. The molecule has 0 saturated heterocycles. The fourth-order valence-electron chi connectivity index (χ4n) is 2.27. The Bertz CT molecular complexity index is 948. The van der Waals surface area contributed by atoms with Gasteiger partial charge in [-0.15, -0.1) is 0 Å². The highest BCUT2D eigenvalue weighted by molar-refractivity contribution is 6.32. The second-order valence-corrected chi connectivity index (χ2v) is 6.42. The van der Waals surface area contributed by atoms with Gasteiger partial charge in [0, 0.05) is 5.57 Å². The molecule has 0 aliphatic rings. The summed E-state index contributed by atoms with van der Waals surface area (Å²) in [6.07, 6.45) is 1.63. The van der Waals surface area contributed by atoms with E-state index in [1.54, 1.807) is 18.4 Å². The Hall–Kier alpha value is -3.04. The second kappa shape index (κ2) is 9.06. The molecule has 3 nitrogen and oxygen atoms in total. The average molecular weight is 378 g/mol. The van der Waals surface area contributed by atoms with E-state index in [-0.39, 0.29) is 0 Å². The van der Waals surface area contributed by atoms with Crippen LogP contribution in [0.25, 0.3) is 0 Å². The van der Waals surface area contributed by atoms with Crippen LogP contribution in [0.5, 0.6) is 11.5 Å². The molecule has 136 valence electrons. The lowest BCUT2D eigenvalue weighted by molar-refractivity contribution is 0.473. The molecule has 0 saturated carbocycles. The molecule has 0 heterocycles. The van der Waals surface area contributed by atoms with Gasteiger partial charge in [-0.25, -0.2) is 4.99 Å². The van der Waals surface area contributed by atoms with E-state index in [1.165, 1.54) is 5.56 Å². The molecule has 0 spiro atoms. The first kappa shape index (κ1) is 18.7. The number of para-hydroxylation sites is 2. The number of hydrogen-bond donors (Lipinski definition) is 0. The first-order valence-corrected chi connectivity index (χ1v) is 8.96. The second-order valence-electron chi connectivity index (χ2n) is 6.02. The summed E-state index contributed by atoms with van der Waals surface area (Å²) in [5.41, 5.74) is 2.69. The van der Waals surface area contributed by atoms with Gasteiger partial charge in [-0.3, -0.25) is 0 Å². The van der Waals surface area contributed by atoms with E-state index in [1.807, 2.05) is 80.6 Å². The van der Waals surface area contributed by atoms with Crippen molar-refractivity contribution in [3.63, 3.8) is 0 Å². The molecule has 0 bridgehead atoms. The normalized spacial score (nSPS) is 12.0. The summed E-state index contributed by atoms with van der Waals surface area (Å²) >= 11 is 6.23. The number of hydrogen-bond acceptors (Lipinski definition) is 3. The van der Waals surface area contributed by atoms with Gasteiger partial charge in [0.05, 0.1) is 17.0 Å². The fourth-order valence-corrected chi connectivity index (χ4v) is 2.44. The summed E-state index contributed by atoms with van der Waals surface area (Å²) < 4.78 is 11.7. The number of nitrogens with zero attached hydrogens (tertiary/aromatic N) is 1. The molecule has 0 aliphatic heterocycles. The van der Waals surface area contributed by atoms with Gasteiger partial charge < -0.3 is 9.47 Å². The highest BCUT2D eigenvalue weighted by Gasteiger charge is 2.10. The third-order valence-corrected chi connectivity index (χ3v) is 4.07. The largest absolute Gasteiger partial charge is 0.465 e. The Kier molecular flexibility index (Phi) is 6.29. The van der Waals surface area contributed by atoms with Gasteiger partial charge in [-0.1, -0.05) is 59.6 Å². The van der Waals surface area contributed by atoms with Crippen molar-refractivity contribution in [1.29, 1.82) is 0 Å². The molecule has 0 amide bonds. The van der Waals surface area contributed by atoms with Gasteiger partial charge in [0.15, 0.2) is 0 Å². The zero-order valence-electron chi connectivity index (χ0n) is 15.2. The van der Waals surface area contributed by atoms with E-state index in [0.717, 1.165) is 17.0 Å². The minimum Gasteiger partial charge on any atom is -0.465 e. The SMILES string of the molecule is CC(=COc1ccc(C)cc1)/C(=N\c1ccccc1)Oc1ccccc1Cl. The lowest BCUT2D eigenvalue weighted by Gasteiger charge is -2.11. The molecule has 0 fully saturated rings. The molecule has 3 aromatic rings. The van der Waals surface area contributed by atoms with Crippen LogP contribution >= 0.6 is 11.6 Å². The number of aryl methyl sites for hydroxylation is 1. The fraction of sp³-hybridized carbons (Fsp3) is 0.0870. The van der Waals surface area contributed by atoms with Crippen LogP contribution in [-0.4, -0.2) is 5.90 Å². The number of ether oxygens (including phenoxy) is 2. The Balaban J connectivity index is 1.88. The topological polar surface area (TPSA) is 30.8 Å². The van der Waals surface area contributed by atoms with E-state index in [2.05, 4.69) is 4.99 Å². The van der Waals surface area contributed by atoms with Gasteiger partial charge in [0.1, 0.15) is 11.5 Å². The molecule has 0 aromatic heterocycles. The van der Waals surface area contributed by atoms with Crippen LogP contribution in [0.4, 0.5) is 5.69 Å². The zero-order chi connectivity index (χ0) is 19.1. The summed E-state index contributed by atoms with van der Waals surface area (Å²) in [6, 6.07) is 24.7. The summed E-state index contributed by atoms with van der Waals surface area (Å²) in [5, 5.41) is 0.519. The van der Waals surface area contributed by atoms with Gasteiger partial charge in [-0.2, -0.15) is 0 Å². The number of aliphatic imine (C=N–C) groups is 1. The van der Waals surface area contributed by atoms with Crippen LogP contribution in [0, 0.1) is 6.92 Å². The van der Waals surface area contributed by atoms with Gasteiger partial charge >= 0.3 is 0 Å². The summed E-state index contributed by atoms with van der Waals surface area (Å²) in [5.74, 6) is 1.70. The number of halogens is 1. The highest BCUT2D eigenvalue weighted by atomic mass is 35.5. The maximum absolute atomic E-state index is 6.23.